The third-order valence-corrected chi connectivity index (χ3v) is 5.25. The number of carbonyl (C=O) groups excluding carboxylic acids is 1. The minimum absolute atomic E-state index is 0.134. The van der Waals surface area contributed by atoms with E-state index in [4.69, 9.17) is 0 Å². The number of nitrogens with one attached hydrogen (secondary N) is 1. The lowest BCUT2D eigenvalue weighted by Crippen LogP contribution is -2.42. The fraction of sp³-hybridized carbons (Fsp3) is 0.304. The van der Waals surface area contributed by atoms with Crippen LogP contribution < -0.4 is 0 Å². The van der Waals surface area contributed by atoms with E-state index >= 15 is 0 Å². The first-order chi connectivity index (χ1) is 13.1. The minimum atomic E-state index is 0.134. The number of benzene rings is 2. The van der Waals surface area contributed by atoms with Gasteiger partial charge in [0.25, 0.3) is 5.91 Å². The van der Waals surface area contributed by atoms with Gasteiger partial charge in [0.1, 0.15) is 0 Å². The van der Waals surface area contributed by atoms with Crippen LogP contribution in [0.15, 0.2) is 60.7 Å². The van der Waals surface area contributed by atoms with Crippen molar-refractivity contribution in [2.75, 3.05) is 13.1 Å². The Morgan fingerprint density at radius 2 is 1.63 bits per heavy atom. The maximum Gasteiger partial charge on any atom is 0.253 e. The van der Waals surface area contributed by atoms with Gasteiger partial charge in [-0.05, 0) is 42.0 Å². The Hall–Kier alpha value is -2.88. The van der Waals surface area contributed by atoms with E-state index in [1.165, 1.54) is 6.42 Å². The van der Waals surface area contributed by atoms with Crippen molar-refractivity contribution in [2.24, 2.45) is 11.8 Å². The molecule has 3 aromatic rings. The van der Waals surface area contributed by atoms with Crippen LogP contribution in [0.25, 0.3) is 22.5 Å². The Bertz CT molecular complexity index is 904. The number of aromatic nitrogens is 2. The zero-order valence-corrected chi connectivity index (χ0v) is 15.9. The fourth-order valence-electron chi connectivity index (χ4n) is 4.03. The summed E-state index contributed by atoms with van der Waals surface area (Å²) in [4.78, 5) is 14.8. The smallest absolute Gasteiger partial charge is 0.253 e. The highest BCUT2D eigenvalue weighted by Gasteiger charge is 2.26. The van der Waals surface area contributed by atoms with E-state index in [-0.39, 0.29) is 5.91 Å². The summed E-state index contributed by atoms with van der Waals surface area (Å²) in [5.74, 6) is 1.27. The monoisotopic (exact) mass is 359 g/mol. The molecule has 138 valence electrons. The molecule has 4 nitrogen and oxygen atoms in total. The molecule has 0 unspecified atom stereocenters. The van der Waals surface area contributed by atoms with Crippen molar-refractivity contribution in [1.29, 1.82) is 0 Å². The van der Waals surface area contributed by atoms with E-state index in [0.717, 1.165) is 41.2 Å². The highest BCUT2D eigenvalue weighted by atomic mass is 16.2. The molecule has 1 amide bonds. The number of hydrogen-bond acceptors (Lipinski definition) is 2. The summed E-state index contributed by atoms with van der Waals surface area (Å²) in [6.45, 7) is 6.15. The SMILES string of the molecule is C[C@@H]1C[C@H](C)CN(C(=O)c2ccc(-c3cc(-c4ccccc4)n[nH]3)cc2)C1. The fourth-order valence-corrected chi connectivity index (χ4v) is 4.03. The highest BCUT2D eigenvalue weighted by Crippen LogP contribution is 2.25. The number of H-pyrrole nitrogens is 1. The van der Waals surface area contributed by atoms with Gasteiger partial charge in [-0.15, -0.1) is 0 Å². The standard InChI is InChI=1S/C23H25N3O/c1-16-12-17(2)15-26(14-16)23(27)20-10-8-19(9-11-20)22-13-21(24-25-22)18-6-4-3-5-7-18/h3-11,13,16-17H,12,14-15H2,1-2H3,(H,24,25)/t16-,17+. The molecular formula is C23H25N3O. The van der Waals surface area contributed by atoms with Crippen LogP contribution in [0.5, 0.6) is 0 Å². The molecule has 4 heteroatoms. The topological polar surface area (TPSA) is 49.0 Å². The maximum atomic E-state index is 12.8. The van der Waals surface area contributed by atoms with Gasteiger partial charge in [0.05, 0.1) is 11.4 Å². The summed E-state index contributed by atoms with van der Waals surface area (Å²) in [6.07, 6.45) is 1.20. The maximum absolute atomic E-state index is 12.8. The Balaban J connectivity index is 1.51. The summed E-state index contributed by atoms with van der Waals surface area (Å²) >= 11 is 0. The van der Waals surface area contributed by atoms with Crippen LogP contribution in [-0.2, 0) is 0 Å². The molecule has 0 saturated carbocycles. The van der Waals surface area contributed by atoms with Gasteiger partial charge in [0.15, 0.2) is 0 Å². The third-order valence-electron chi connectivity index (χ3n) is 5.25. The van der Waals surface area contributed by atoms with E-state index in [9.17, 15) is 4.79 Å². The van der Waals surface area contributed by atoms with Gasteiger partial charge in [0.2, 0.25) is 0 Å². The average molecular weight is 359 g/mol. The lowest BCUT2D eigenvalue weighted by atomic mass is 9.91. The molecule has 1 fully saturated rings. The van der Waals surface area contributed by atoms with Gasteiger partial charge in [-0.25, -0.2) is 0 Å². The summed E-state index contributed by atoms with van der Waals surface area (Å²) in [6, 6.07) is 20.0. The molecule has 2 atom stereocenters. The molecule has 0 aliphatic carbocycles. The number of aromatic amines is 1. The van der Waals surface area contributed by atoms with Crippen molar-refractivity contribution in [1.82, 2.24) is 15.1 Å². The Kier molecular flexibility index (Phi) is 4.80. The number of likely N-dealkylation sites (tertiary alicyclic amines) is 1. The molecule has 1 aromatic heterocycles. The number of hydrogen-bond donors (Lipinski definition) is 1. The first-order valence-electron chi connectivity index (χ1n) is 9.60. The molecule has 2 heterocycles. The summed E-state index contributed by atoms with van der Waals surface area (Å²) in [5.41, 5.74) is 4.74. The summed E-state index contributed by atoms with van der Waals surface area (Å²) < 4.78 is 0. The van der Waals surface area contributed by atoms with Crippen molar-refractivity contribution < 1.29 is 4.79 Å². The Morgan fingerprint density at radius 3 is 2.30 bits per heavy atom. The molecule has 2 aromatic carbocycles. The van der Waals surface area contributed by atoms with E-state index in [1.54, 1.807) is 0 Å². The molecular weight excluding hydrogens is 334 g/mol. The van der Waals surface area contributed by atoms with Crippen LogP contribution >= 0.6 is 0 Å². The second kappa shape index (κ2) is 7.39. The summed E-state index contributed by atoms with van der Waals surface area (Å²) in [5, 5.41) is 7.51. The second-order valence-corrected chi connectivity index (χ2v) is 7.77. The van der Waals surface area contributed by atoms with Gasteiger partial charge in [-0.3, -0.25) is 9.89 Å². The van der Waals surface area contributed by atoms with Crippen molar-refractivity contribution in [3.8, 4) is 22.5 Å². The van der Waals surface area contributed by atoms with E-state index in [2.05, 4.69) is 24.0 Å². The summed E-state index contributed by atoms with van der Waals surface area (Å²) in [7, 11) is 0. The number of nitrogens with zero attached hydrogens (tertiary/aromatic N) is 2. The normalized spacial score (nSPS) is 19.9. The number of amides is 1. The molecule has 1 saturated heterocycles. The van der Waals surface area contributed by atoms with Gasteiger partial charge in [0, 0.05) is 24.2 Å². The van der Waals surface area contributed by atoms with Crippen LogP contribution in [-0.4, -0.2) is 34.1 Å². The second-order valence-electron chi connectivity index (χ2n) is 7.77. The van der Waals surface area contributed by atoms with Gasteiger partial charge in [-0.1, -0.05) is 56.3 Å². The number of piperidine rings is 1. The lowest BCUT2D eigenvalue weighted by Gasteiger charge is -2.35. The quantitative estimate of drug-likeness (QED) is 0.726. The van der Waals surface area contributed by atoms with Crippen molar-refractivity contribution >= 4 is 5.91 Å². The zero-order chi connectivity index (χ0) is 18.8. The van der Waals surface area contributed by atoms with Crippen molar-refractivity contribution in [3.05, 3.63) is 66.2 Å². The van der Waals surface area contributed by atoms with E-state index < -0.39 is 0 Å². The van der Waals surface area contributed by atoms with Crippen LogP contribution in [0, 0.1) is 11.8 Å². The van der Waals surface area contributed by atoms with Gasteiger partial charge < -0.3 is 4.90 Å². The molecule has 1 N–H and O–H groups in total. The lowest BCUT2D eigenvalue weighted by molar-refractivity contribution is 0.0623. The molecule has 0 radical (unpaired) electrons. The molecule has 27 heavy (non-hydrogen) atoms. The molecule has 1 aliphatic rings. The minimum Gasteiger partial charge on any atom is -0.338 e. The van der Waals surface area contributed by atoms with Crippen LogP contribution in [0.1, 0.15) is 30.6 Å². The number of rotatable bonds is 3. The Labute approximate surface area is 160 Å². The van der Waals surface area contributed by atoms with Gasteiger partial charge >= 0.3 is 0 Å². The zero-order valence-electron chi connectivity index (χ0n) is 15.9. The van der Waals surface area contributed by atoms with E-state index in [1.807, 2.05) is 65.6 Å². The predicted molar refractivity (Wildman–Crippen MR) is 108 cm³/mol. The molecule has 0 bridgehead atoms. The van der Waals surface area contributed by atoms with Crippen molar-refractivity contribution in [2.45, 2.75) is 20.3 Å². The first kappa shape index (κ1) is 17.5. The Morgan fingerprint density at radius 1 is 0.963 bits per heavy atom. The van der Waals surface area contributed by atoms with Crippen LogP contribution in [0.2, 0.25) is 0 Å². The van der Waals surface area contributed by atoms with Crippen LogP contribution in [0.3, 0.4) is 0 Å². The van der Waals surface area contributed by atoms with Crippen molar-refractivity contribution in [3.63, 3.8) is 0 Å². The number of carbonyl (C=O) groups is 1. The third kappa shape index (κ3) is 3.80. The first-order valence-corrected chi connectivity index (χ1v) is 9.60. The molecule has 0 spiro atoms. The largest absolute Gasteiger partial charge is 0.338 e. The average Bonchev–Trinajstić information content (AvgIpc) is 3.18. The van der Waals surface area contributed by atoms with Crippen LogP contribution in [0.4, 0.5) is 0 Å². The van der Waals surface area contributed by atoms with E-state index in [0.29, 0.717) is 11.8 Å². The highest BCUT2D eigenvalue weighted by molar-refractivity contribution is 5.94. The predicted octanol–water partition coefficient (Wildman–Crippen LogP) is 4.86. The molecule has 4 rings (SSSR count). The van der Waals surface area contributed by atoms with Gasteiger partial charge in [-0.2, -0.15) is 5.10 Å². The molecule has 1 aliphatic heterocycles.